The maximum Gasteiger partial charge on any atom is 0.157 e. The number of nitrogens with zero attached hydrogens (tertiary/aromatic N) is 1. The van der Waals surface area contributed by atoms with E-state index < -0.39 is 0 Å². The van der Waals surface area contributed by atoms with Crippen molar-refractivity contribution >= 4 is 16.9 Å². The van der Waals surface area contributed by atoms with Gasteiger partial charge in [-0.2, -0.15) is 0 Å². The molecule has 0 radical (unpaired) electrons. The highest BCUT2D eigenvalue weighted by molar-refractivity contribution is 8.13. The van der Waals surface area contributed by atoms with Crippen LogP contribution in [0.5, 0.6) is 0 Å². The van der Waals surface area contributed by atoms with Gasteiger partial charge in [0.05, 0.1) is 6.04 Å². The Morgan fingerprint density at radius 2 is 1.79 bits per heavy atom. The lowest BCUT2D eigenvalue weighted by Gasteiger charge is -2.36. The number of rotatable bonds is 3. The van der Waals surface area contributed by atoms with E-state index in [2.05, 4.69) is 33.0 Å². The van der Waals surface area contributed by atoms with E-state index in [9.17, 15) is 0 Å². The van der Waals surface area contributed by atoms with Crippen molar-refractivity contribution < 1.29 is 0 Å². The maximum absolute atomic E-state index is 4.94. The topological polar surface area (TPSA) is 24.4 Å². The van der Waals surface area contributed by atoms with Crippen LogP contribution in [0, 0.1) is 17.8 Å². The van der Waals surface area contributed by atoms with Gasteiger partial charge in [-0.25, -0.2) is 0 Å². The van der Waals surface area contributed by atoms with Crippen LogP contribution in [0.4, 0.5) is 0 Å². The molecule has 0 aromatic rings. The summed E-state index contributed by atoms with van der Waals surface area (Å²) < 4.78 is 0. The fourth-order valence-corrected chi connectivity index (χ4v) is 4.38. The first kappa shape index (κ1) is 15.2. The minimum Gasteiger partial charge on any atom is -0.362 e. The summed E-state index contributed by atoms with van der Waals surface area (Å²) in [5.74, 6) is 3.52. The predicted octanol–water partition coefficient (Wildman–Crippen LogP) is 4.31. The van der Waals surface area contributed by atoms with E-state index in [0.29, 0.717) is 18.0 Å². The molecule has 3 heteroatoms. The summed E-state index contributed by atoms with van der Waals surface area (Å²) in [6.45, 7) is 9.33. The van der Waals surface area contributed by atoms with Crippen LogP contribution in [-0.4, -0.2) is 23.0 Å². The molecule has 2 nitrogen and oxygen atoms in total. The summed E-state index contributed by atoms with van der Waals surface area (Å²) in [5, 5.41) is 5.01. The Morgan fingerprint density at radius 3 is 2.47 bits per heavy atom. The van der Waals surface area contributed by atoms with E-state index in [0.717, 1.165) is 11.8 Å². The zero-order chi connectivity index (χ0) is 13.8. The Morgan fingerprint density at radius 1 is 1.05 bits per heavy atom. The summed E-state index contributed by atoms with van der Waals surface area (Å²) in [5.41, 5.74) is 0. The first-order valence-corrected chi connectivity index (χ1v) is 9.03. The highest BCUT2D eigenvalue weighted by atomic mass is 32.2. The van der Waals surface area contributed by atoms with E-state index >= 15 is 0 Å². The molecule has 3 unspecified atom stereocenters. The zero-order valence-corrected chi connectivity index (χ0v) is 13.8. The molecule has 1 fully saturated rings. The Hall–Kier alpha value is -0.180. The Labute approximate surface area is 123 Å². The molecule has 1 heterocycles. The summed E-state index contributed by atoms with van der Waals surface area (Å²) in [4.78, 5) is 4.94. The van der Waals surface area contributed by atoms with Gasteiger partial charge in [-0.3, -0.25) is 4.99 Å². The molecule has 0 bridgehead atoms. The third-order valence-corrected chi connectivity index (χ3v) is 5.63. The molecule has 0 amide bonds. The molecule has 1 aliphatic carbocycles. The smallest absolute Gasteiger partial charge is 0.157 e. The molecule has 0 saturated heterocycles. The van der Waals surface area contributed by atoms with Gasteiger partial charge >= 0.3 is 0 Å². The van der Waals surface area contributed by atoms with Gasteiger partial charge in [0.1, 0.15) is 0 Å². The van der Waals surface area contributed by atoms with Crippen molar-refractivity contribution in [3.8, 4) is 0 Å². The lowest BCUT2D eigenvalue weighted by atomic mass is 9.78. The van der Waals surface area contributed by atoms with Gasteiger partial charge < -0.3 is 5.32 Å². The molecular weight excluding hydrogens is 252 g/mol. The first-order valence-electron chi connectivity index (χ1n) is 8.05. The van der Waals surface area contributed by atoms with Crippen molar-refractivity contribution in [2.24, 2.45) is 22.7 Å². The van der Waals surface area contributed by atoms with Crippen LogP contribution in [0.25, 0.3) is 0 Å². The molecule has 110 valence electrons. The van der Waals surface area contributed by atoms with Crippen molar-refractivity contribution in [3.05, 3.63) is 0 Å². The van der Waals surface area contributed by atoms with Crippen molar-refractivity contribution in [2.45, 2.75) is 71.9 Å². The van der Waals surface area contributed by atoms with Gasteiger partial charge in [0.15, 0.2) is 5.17 Å². The lowest BCUT2D eigenvalue weighted by molar-refractivity contribution is 0.224. The SMILES string of the molecule is CC(C)C1CCSC(NC2CCCCC2C(C)C)=N1. The highest BCUT2D eigenvalue weighted by Gasteiger charge is 2.29. The average molecular weight is 282 g/mol. The Kier molecular flexibility index (Phi) is 5.61. The van der Waals surface area contributed by atoms with Crippen LogP contribution in [0.15, 0.2) is 4.99 Å². The quantitative estimate of drug-likeness (QED) is 0.834. The summed E-state index contributed by atoms with van der Waals surface area (Å²) in [6.07, 6.45) is 6.75. The molecule has 1 aliphatic heterocycles. The van der Waals surface area contributed by atoms with Crippen molar-refractivity contribution in [1.82, 2.24) is 5.32 Å². The second kappa shape index (κ2) is 7.01. The third kappa shape index (κ3) is 4.14. The predicted molar refractivity (Wildman–Crippen MR) is 86.9 cm³/mol. The van der Waals surface area contributed by atoms with Crippen LogP contribution in [0.1, 0.15) is 59.8 Å². The number of thioether (sulfide) groups is 1. The lowest BCUT2D eigenvalue weighted by Crippen LogP contribution is -2.44. The minimum absolute atomic E-state index is 0.532. The summed E-state index contributed by atoms with van der Waals surface area (Å²) in [6, 6.07) is 1.19. The zero-order valence-electron chi connectivity index (χ0n) is 13.0. The van der Waals surface area contributed by atoms with E-state index in [1.807, 2.05) is 11.8 Å². The average Bonchev–Trinajstić information content (AvgIpc) is 2.39. The van der Waals surface area contributed by atoms with Crippen LogP contribution >= 0.6 is 11.8 Å². The summed E-state index contributed by atoms with van der Waals surface area (Å²) in [7, 11) is 0. The van der Waals surface area contributed by atoms with Crippen molar-refractivity contribution in [2.75, 3.05) is 5.75 Å². The minimum atomic E-state index is 0.532. The maximum atomic E-state index is 4.94. The number of nitrogens with one attached hydrogen (secondary N) is 1. The molecule has 0 aromatic carbocycles. The molecule has 1 saturated carbocycles. The Bertz CT molecular complexity index is 312. The third-order valence-electron chi connectivity index (χ3n) is 4.69. The molecule has 0 aromatic heterocycles. The largest absolute Gasteiger partial charge is 0.362 e. The molecule has 2 rings (SSSR count). The van der Waals surface area contributed by atoms with Gasteiger partial charge in [0, 0.05) is 11.8 Å². The van der Waals surface area contributed by atoms with Gasteiger partial charge in [-0.1, -0.05) is 52.3 Å². The molecular formula is C16H30N2S. The van der Waals surface area contributed by atoms with Crippen LogP contribution in [0.2, 0.25) is 0 Å². The first-order chi connectivity index (χ1) is 9.08. The molecule has 0 spiro atoms. The van der Waals surface area contributed by atoms with E-state index in [4.69, 9.17) is 4.99 Å². The molecule has 2 aliphatic rings. The number of hydrogen-bond donors (Lipinski definition) is 1. The second-order valence-corrected chi connectivity index (χ2v) is 7.91. The van der Waals surface area contributed by atoms with Gasteiger partial charge in [0.25, 0.3) is 0 Å². The van der Waals surface area contributed by atoms with Gasteiger partial charge in [-0.05, 0) is 37.0 Å². The Balaban J connectivity index is 1.98. The standard InChI is InChI=1S/C16H30N2S/c1-11(2)13-7-5-6-8-15(13)18-16-17-14(12(3)4)9-10-19-16/h11-15H,5-10H2,1-4H3,(H,17,18). The normalized spacial score (nSPS) is 32.5. The second-order valence-electron chi connectivity index (χ2n) is 6.83. The van der Waals surface area contributed by atoms with Crippen LogP contribution in [-0.2, 0) is 0 Å². The molecule has 19 heavy (non-hydrogen) atoms. The van der Waals surface area contributed by atoms with Gasteiger partial charge in [-0.15, -0.1) is 0 Å². The van der Waals surface area contributed by atoms with Crippen molar-refractivity contribution in [1.29, 1.82) is 0 Å². The van der Waals surface area contributed by atoms with Gasteiger partial charge in [0.2, 0.25) is 0 Å². The number of hydrogen-bond acceptors (Lipinski definition) is 3. The fourth-order valence-electron chi connectivity index (χ4n) is 3.39. The molecule has 3 atom stereocenters. The highest BCUT2D eigenvalue weighted by Crippen LogP contribution is 2.31. The molecule has 1 N–H and O–H groups in total. The van der Waals surface area contributed by atoms with Crippen molar-refractivity contribution in [3.63, 3.8) is 0 Å². The van der Waals surface area contributed by atoms with Crippen LogP contribution in [0.3, 0.4) is 0 Å². The fraction of sp³-hybridized carbons (Fsp3) is 0.938. The summed E-state index contributed by atoms with van der Waals surface area (Å²) >= 11 is 1.93. The number of amidine groups is 1. The number of aliphatic imine (C=N–C) groups is 1. The van der Waals surface area contributed by atoms with E-state index in [1.54, 1.807) is 0 Å². The van der Waals surface area contributed by atoms with Crippen LogP contribution < -0.4 is 5.32 Å². The monoisotopic (exact) mass is 282 g/mol. The van der Waals surface area contributed by atoms with E-state index in [1.165, 1.54) is 43.0 Å². The van der Waals surface area contributed by atoms with E-state index in [-0.39, 0.29) is 0 Å².